The molecule has 0 aliphatic carbocycles. The van der Waals surface area contributed by atoms with Crippen LogP contribution in [-0.4, -0.2) is 10.3 Å². The van der Waals surface area contributed by atoms with E-state index < -0.39 is 0 Å². The van der Waals surface area contributed by atoms with E-state index in [4.69, 9.17) is 33.3 Å². The molecule has 6 nitrogen and oxygen atoms in total. The Morgan fingerprint density at radius 2 is 1.27 bits per heavy atom. The lowest BCUT2D eigenvalue weighted by molar-refractivity contribution is 1.20. The maximum atomic E-state index is 8.60. The van der Waals surface area contributed by atoms with Crippen LogP contribution in [0.4, 0.5) is 0 Å². The van der Waals surface area contributed by atoms with Crippen LogP contribution in [0, 0.1) is 28.1 Å². The van der Waals surface area contributed by atoms with Crippen molar-refractivity contribution < 1.29 is 0 Å². The number of thioether (sulfide) groups is 1. The number of hydrogen-bond donors (Lipinski definition) is 4. The zero-order valence-electron chi connectivity index (χ0n) is 16.2. The number of rotatable bonds is 5. The Morgan fingerprint density at radius 3 is 1.63 bits per heavy atom. The predicted octanol–water partition coefficient (Wildman–Crippen LogP) is 3.98. The summed E-state index contributed by atoms with van der Waals surface area (Å²) in [4.78, 5) is 0. The molecule has 2 rings (SSSR count). The summed E-state index contributed by atoms with van der Waals surface area (Å²) in [5, 5.41) is 24.2. The van der Waals surface area contributed by atoms with E-state index in [2.05, 4.69) is 35.8 Å². The van der Waals surface area contributed by atoms with Crippen LogP contribution >= 0.6 is 48.0 Å². The second-order valence-corrected chi connectivity index (χ2v) is 7.15. The Hall–Kier alpha value is -2.49. The number of nitriles is 2. The molecule has 0 saturated carbocycles. The number of nitrogens with one attached hydrogen (secondary N) is 1. The molecule has 0 spiro atoms. The van der Waals surface area contributed by atoms with Gasteiger partial charge in [-0.25, -0.2) is 0 Å². The van der Waals surface area contributed by atoms with E-state index in [1.165, 1.54) is 11.8 Å². The average molecular weight is 483 g/mol. The molecule has 10 heteroatoms. The third-order valence-electron chi connectivity index (χ3n) is 3.30. The summed E-state index contributed by atoms with van der Waals surface area (Å²) in [5.41, 5.74) is 18.7. The molecule has 160 valence electrons. The van der Waals surface area contributed by atoms with Crippen molar-refractivity contribution in [1.29, 1.82) is 15.9 Å². The summed E-state index contributed by atoms with van der Waals surface area (Å²) >= 11 is 11.0. The lowest BCUT2D eigenvalue weighted by atomic mass is 10.1. The van der Waals surface area contributed by atoms with Crippen molar-refractivity contribution in [2.75, 3.05) is 0 Å². The zero-order chi connectivity index (χ0) is 22.1. The minimum Gasteiger partial charge on any atom is -0.379 e. The first-order chi connectivity index (χ1) is 13.8. The van der Waals surface area contributed by atoms with Crippen molar-refractivity contribution in [3.05, 3.63) is 70.8 Å². The van der Waals surface area contributed by atoms with Gasteiger partial charge in [0.15, 0.2) is 10.3 Å². The minimum atomic E-state index is 0. The fourth-order valence-electron chi connectivity index (χ4n) is 2.06. The van der Waals surface area contributed by atoms with Gasteiger partial charge in [0, 0.05) is 11.6 Å². The average Bonchev–Trinajstić information content (AvgIpc) is 2.68. The number of thiocarbonyl (C=S) groups is 1. The molecule has 2 aromatic rings. The van der Waals surface area contributed by atoms with Crippen LogP contribution in [-0.2, 0) is 24.5 Å². The van der Waals surface area contributed by atoms with Gasteiger partial charge < -0.3 is 17.2 Å². The van der Waals surface area contributed by atoms with Crippen molar-refractivity contribution in [3.8, 4) is 12.1 Å². The van der Waals surface area contributed by atoms with Gasteiger partial charge in [-0.2, -0.15) is 10.5 Å². The van der Waals surface area contributed by atoms with E-state index in [0.29, 0.717) is 24.5 Å². The molecule has 2 aromatic carbocycles. The van der Waals surface area contributed by atoms with Gasteiger partial charge in [0.2, 0.25) is 0 Å². The Balaban J connectivity index is 0. The molecule has 30 heavy (non-hydrogen) atoms. The fraction of sp³-hybridized carbons (Fsp3) is 0.200. The maximum absolute atomic E-state index is 8.60. The van der Waals surface area contributed by atoms with Crippen LogP contribution in [0.1, 0.15) is 22.3 Å². The minimum absolute atomic E-state index is 0. The van der Waals surface area contributed by atoms with Gasteiger partial charge in [-0.05, 0) is 34.5 Å². The van der Waals surface area contributed by atoms with E-state index in [0.717, 1.165) is 22.3 Å². The number of alkyl halides is 1. The summed E-state index contributed by atoms with van der Waals surface area (Å²) in [6.07, 6.45) is 0.859. The molecule has 0 unspecified atom stereocenters. The highest BCUT2D eigenvalue weighted by Gasteiger charge is 2.01. The van der Waals surface area contributed by atoms with Crippen molar-refractivity contribution in [1.82, 2.24) is 0 Å². The van der Waals surface area contributed by atoms with Gasteiger partial charge >= 0.3 is 0 Å². The fourth-order valence-corrected chi connectivity index (χ4v) is 2.91. The summed E-state index contributed by atoms with van der Waals surface area (Å²) in [5.74, 6) is 1.14. The van der Waals surface area contributed by atoms with Crippen LogP contribution in [0.2, 0.25) is 0 Å². The molecular formula is C20H24Cl2N6S2. The molecule has 0 aromatic heterocycles. The normalized spacial score (nSPS) is 8.50. The number of amidine groups is 1. The molecule has 0 heterocycles. The summed E-state index contributed by atoms with van der Waals surface area (Å²) in [7, 11) is 0. The van der Waals surface area contributed by atoms with Gasteiger partial charge in [-0.1, -0.05) is 60.3 Å². The first-order valence-corrected chi connectivity index (χ1v) is 10.2. The summed E-state index contributed by atoms with van der Waals surface area (Å²) in [6.45, 7) is 0. The van der Waals surface area contributed by atoms with Gasteiger partial charge in [-0.15, -0.1) is 24.0 Å². The Labute approximate surface area is 198 Å². The lowest BCUT2D eigenvalue weighted by Crippen LogP contribution is -2.18. The molecular weight excluding hydrogens is 459 g/mol. The third kappa shape index (κ3) is 14.5. The summed E-state index contributed by atoms with van der Waals surface area (Å²) in [6, 6.07) is 19.7. The van der Waals surface area contributed by atoms with E-state index >= 15 is 0 Å². The molecule has 0 saturated heterocycles. The van der Waals surface area contributed by atoms with Crippen LogP contribution in [0.25, 0.3) is 0 Å². The summed E-state index contributed by atoms with van der Waals surface area (Å²) < 4.78 is 0. The SMILES string of the molecule is Cl.N#CCc1ccccc1CCl.N#CCc1ccccc1CSC(=N)N.NC(N)=S. The topological polar surface area (TPSA) is 149 Å². The smallest absolute Gasteiger partial charge is 0.160 e. The molecule has 7 N–H and O–H groups in total. The number of hydrogen-bond acceptors (Lipinski definition) is 5. The van der Waals surface area contributed by atoms with E-state index in [1.807, 2.05) is 48.5 Å². The van der Waals surface area contributed by atoms with Crippen LogP contribution < -0.4 is 17.2 Å². The number of nitrogens with two attached hydrogens (primary N) is 3. The number of nitrogens with zero attached hydrogens (tertiary/aromatic N) is 2. The van der Waals surface area contributed by atoms with Gasteiger partial charge in [-0.3, -0.25) is 5.41 Å². The standard InChI is InChI=1S/C10H11N3S.C9H8ClN.CH4N2S.ClH/c11-6-5-8-3-1-2-4-9(8)7-14-10(12)13;10-7-9-4-2-1-3-8(9)5-6-11;2-1(3)4;/h1-4H,5,7H2,(H3,12,13);1-4H,5,7H2;(H4,2,3,4);1H. The molecule has 0 bridgehead atoms. The monoisotopic (exact) mass is 482 g/mol. The Morgan fingerprint density at radius 1 is 0.900 bits per heavy atom. The predicted molar refractivity (Wildman–Crippen MR) is 133 cm³/mol. The number of benzene rings is 2. The maximum Gasteiger partial charge on any atom is 0.160 e. The van der Waals surface area contributed by atoms with E-state index in [1.54, 1.807) is 0 Å². The molecule has 0 atom stereocenters. The van der Waals surface area contributed by atoms with Gasteiger partial charge in [0.1, 0.15) is 0 Å². The molecule has 0 amide bonds. The van der Waals surface area contributed by atoms with Crippen LogP contribution in [0.5, 0.6) is 0 Å². The van der Waals surface area contributed by atoms with Crippen LogP contribution in [0.15, 0.2) is 48.5 Å². The van der Waals surface area contributed by atoms with Crippen molar-refractivity contribution >= 4 is 58.3 Å². The lowest BCUT2D eigenvalue weighted by Gasteiger charge is -2.04. The second kappa shape index (κ2) is 18.5. The molecule has 0 fully saturated rings. The zero-order valence-corrected chi connectivity index (χ0v) is 19.4. The largest absolute Gasteiger partial charge is 0.379 e. The van der Waals surface area contributed by atoms with Gasteiger partial charge in [0.25, 0.3) is 0 Å². The van der Waals surface area contributed by atoms with Crippen molar-refractivity contribution in [2.24, 2.45) is 17.2 Å². The van der Waals surface area contributed by atoms with Crippen molar-refractivity contribution in [3.63, 3.8) is 0 Å². The highest BCUT2D eigenvalue weighted by atomic mass is 35.5. The van der Waals surface area contributed by atoms with E-state index in [9.17, 15) is 0 Å². The second-order valence-electron chi connectivity index (χ2n) is 5.40. The number of halogens is 2. The first kappa shape index (κ1) is 29.7. The highest BCUT2D eigenvalue weighted by Crippen LogP contribution is 2.16. The quantitative estimate of drug-likeness (QED) is 0.217. The Bertz CT molecular complexity index is 874. The van der Waals surface area contributed by atoms with Crippen LogP contribution in [0.3, 0.4) is 0 Å². The first-order valence-electron chi connectivity index (χ1n) is 8.30. The molecule has 0 radical (unpaired) electrons. The highest BCUT2D eigenvalue weighted by molar-refractivity contribution is 8.13. The van der Waals surface area contributed by atoms with E-state index in [-0.39, 0.29) is 22.7 Å². The molecule has 0 aliphatic rings. The van der Waals surface area contributed by atoms with Crippen molar-refractivity contribution in [2.45, 2.75) is 24.5 Å². The molecule has 0 aliphatic heterocycles. The Kier molecular flexibility index (Phi) is 18.4. The van der Waals surface area contributed by atoms with Gasteiger partial charge in [0.05, 0.1) is 25.0 Å². The third-order valence-corrected chi connectivity index (χ3v) is 4.36.